The van der Waals surface area contributed by atoms with Crippen LogP contribution in [0, 0.1) is 11.8 Å². The van der Waals surface area contributed by atoms with Gasteiger partial charge < -0.3 is 5.73 Å². The summed E-state index contributed by atoms with van der Waals surface area (Å²) >= 11 is 0. The highest BCUT2D eigenvalue weighted by atomic mass is 32.2. The molecular weight excluding hydrogens is 305 g/mol. The van der Waals surface area contributed by atoms with Gasteiger partial charge in [0.2, 0.25) is 10.0 Å². The van der Waals surface area contributed by atoms with E-state index in [-0.39, 0.29) is 11.4 Å². The summed E-state index contributed by atoms with van der Waals surface area (Å²) in [4.78, 5) is -0.0783. The molecule has 0 aromatic heterocycles. The normalized spacial score (nSPS) is 12.1. The molecule has 8 heteroatoms. The summed E-state index contributed by atoms with van der Waals surface area (Å²) in [5.74, 6) is 5.34. The molecule has 4 nitrogen and oxygen atoms in total. The molecular formula is C13H15F3N2O2S. The zero-order chi connectivity index (χ0) is 16.1. The van der Waals surface area contributed by atoms with E-state index >= 15 is 0 Å². The Kier molecular flexibility index (Phi) is 5.78. The van der Waals surface area contributed by atoms with Crippen LogP contribution in [0.5, 0.6) is 0 Å². The Bertz CT molecular complexity index is 628. The number of hydrogen-bond acceptors (Lipinski definition) is 3. The van der Waals surface area contributed by atoms with Crippen molar-refractivity contribution in [3.8, 4) is 11.8 Å². The number of hydrogen-bond donors (Lipinski definition) is 1. The van der Waals surface area contributed by atoms with E-state index in [1.807, 2.05) is 0 Å². The lowest BCUT2D eigenvalue weighted by molar-refractivity contribution is -0.135. The number of rotatable bonds is 4. The van der Waals surface area contributed by atoms with Gasteiger partial charge in [0, 0.05) is 19.2 Å². The second-order valence-electron chi connectivity index (χ2n) is 4.22. The molecule has 1 rings (SSSR count). The van der Waals surface area contributed by atoms with Crippen LogP contribution >= 0.6 is 0 Å². The Morgan fingerprint density at radius 3 is 2.29 bits per heavy atom. The van der Waals surface area contributed by atoms with E-state index in [9.17, 15) is 21.6 Å². The SMILES string of the molecule is CN(CCC(F)(F)F)S(=O)(=O)c1ccc(C#CCN)cc1. The first-order valence-corrected chi connectivity index (χ1v) is 7.43. The van der Waals surface area contributed by atoms with Crippen molar-refractivity contribution in [2.45, 2.75) is 17.5 Å². The molecule has 0 aliphatic rings. The van der Waals surface area contributed by atoms with Gasteiger partial charge >= 0.3 is 6.18 Å². The highest BCUT2D eigenvalue weighted by Crippen LogP contribution is 2.22. The van der Waals surface area contributed by atoms with Crippen molar-refractivity contribution in [2.75, 3.05) is 20.1 Å². The van der Waals surface area contributed by atoms with E-state index in [0.717, 1.165) is 7.05 Å². The summed E-state index contributed by atoms with van der Waals surface area (Å²) in [5, 5.41) is 0. The van der Waals surface area contributed by atoms with Crippen LogP contribution in [0.15, 0.2) is 29.2 Å². The van der Waals surface area contributed by atoms with Gasteiger partial charge in [-0.2, -0.15) is 13.2 Å². The Balaban J connectivity index is 2.87. The first-order chi connectivity index (χ1) is 9.66. The fraction of sp³-hybridized carbons (Fsp3) is 0.385. The van der Waals surface area contributed by atoms with E-state index in [1.54, 1.807) is 0 Å². The number of sulfonamides is 1. The monoisotopic (exact) mass is 320 g/mol. The van der Waals surface area contributed by atoms with E-state index in [1.165, 1.54) is 24.3 Å². The van der Waals surface area contributed by atoms with Crippen LogP contribution in [0.2, 0.25) is 0 Å². The van der Waals surface area contributed by atoms with Gasteiger partial charge in [-0.25, -0.2) is 12.7 Å². The van der Waals surface area contributed by atoms with Gasteiger partial charge in [0.1, 0.15) is 0 Å². The van der Waals surface area contributed by atoms with Gasteiger partial charge in [0.15, 0.2) is 0 Å². The van der Waals surface area contributed by atoms with E-state index in [0.29, 0.717) is 9.87 Å². The minimum absolute atomic E-state index is 0.0783. The quantitative estimate of drug-likeness (QED) is 0.857. The maximum absolute atomic E-state index is 12.1. The van der Waals surface area contributed by atoms with E-state index in [2.05, 4.69) is 11.8 Å². The summed E-state index contributed by atoms with van der Waals surface area (Å²) in [6, 6.07) is 5.57. The van der Waals surface area contributed by atoms with E-state index < -0.39 is 29.2 Å². The van der Waals surface area contributed by atoms with Gasteiger partial charge in [-0.05, 0) is 24.3 Å². The molecule has 0 aliphatic heterocycles. The summed E-state index contributed by atoms with van der Waals surface area (Å²) < 4.78 is 61.2. The smallest absolute Gasteiger partial charge is 0.320 e. The molecule has 0 heterocycles. The fourth-order valence-electron chi connectivity index (χ4n) is 1.45. The average molecular weight is 320 g/mol. The van der Waals surface area contributed by atoms with Crippen LogP contribution in [0.3, 0.4) is 0 Å². The Hall–Kier alpha value is -1.56. The molecule has 0 atom stereocenters. The first kappa shape index (κ1) is 17.5. The second-order valence-corrected chi connectivity index (χ2v) is 6.27. The van der Waals surface area contributed by atoms with Crippen LogP contribution in [0.1, 0.15) is 12.0 Å². The topological polar surface area (TPSA) is 63.4 Å². The molecule has 2 N–H and O–H groups in total. The van der Waals surface area contributed by atoms with Crippen molar-refractivity contribution in [1.29, 1.82) is 0 Å². The van der Waals surface area contributed by atoms with Crippen molar-refractivity contribution < 1.29 is 21.6 Å². The predicted octanol–water partition coefficient (Wildman–Crippen LogP) is 1.57. The Labute approximate surface area is 121 Å². The fourth-order valence-corrected chi connectivity index (χ4v) is 2.62. The molecule has 0 fully saturated rings. The number of halogens is 3. The average Bonchev–Trinajstić information content (AvgIpc) is 2.42. The Morgan fingerprint density at radius 1 is 1.24 bits per heavy atom. The summed E-state index contributed by atoms with van der Waals surface area (Å²) in [7, 11) is -2.82. The molecule has 0 spiro atoms. The van der Waals surface area contributed by atoms with Crippen molar-refractivity contribution in [3.05, 3.63) is 29.8 Å². The minimum Gasteiger partial charge on any atom is -0.320 e. The maximum atomic E-state index is 12.1. The van der Waals surface area contributed by atoms with Crippen molar-refractivity contribution >= 4 is 10.0 Å². The highest BCUT2D eigenvalue weighted by Gasteiger charge is 2.30. The van der Waals surface area contributed by atoms with Gasteiger partial charge in [0.05, 0.1) is 17.9 Å². The number of nitrogens with zero attached hydrogens (tertiary/aromatic N) is 1. The molecule has 0 radical (unpaired) electrons. The van der Waals surface area contributed by atoms with Gasteiger partial charge in [-0.15, -0.1) is 0 Å². The third-order valence-corrected chi connectivity index (χ3v) is 4.48. The molecule has 0 amide bonds. The molecule has 0 unspecified atom stereocenters. The Morgan fingerprint density at radius 2 is 1.81 bits per heavy atom. The highest BCUT2D eigenvalue weighted by molar-refractivity contribution is 7.89. The van der Waals surface area contributed by atoms with Crippen LogP contribution in [-0.2, 0) is 10.0 Å². The standard InChI is InChI=1S/C13H15F3N2O2S/c1-18(10-8-13(14,15)16)21(19,20)12-6-4-11(5-7-12)3-2-9-17/h4-7H,8-10,17H2,1H3. The number of nitrogens with two attached hydrogens (primary N) is 1. The maximum Gasteiger partial charge on any atom is 0.390 e. The molecule has 1 aromatic carbocycles. The number of alkyl halides is 3. The first-order valence-electron chi connectivity index (χ1n) is 5.99. The minimum atomic E-state index is -4.40. The predicted molar refractivity (Wildman–Crippen MR) is 72.9 cm³/mol. The van der Waals surface area contributed by atoms with Crippen LogP contribution in [0.4, 0.5) is 13.2 Å². The lowest BCUT2D eigenvalue weighted by Crippen LogP contribution is -2.30. The molecule has 0 aliphatic carbocycles. The molecule has 21 heavy (non-hydrogen) atoms. The molecule has 1 aromatic rings. The van der Waals surface area contributed by atoms with Crippen LogP contribution in [-0.4, -0.2) is 39.0 Å². The van der Waals surface area contributed by atoms with Crippen LogP contribution < -0.4 is 5.73 Å². The molecule has 0 bridgehead atoms. The lowest BCUT2D eigenvalue weighted by Gasteiger charge is -2.18. The summed E-state index contributed by atoms with van der Waals surface area (Å²) in [6.07, 6.45) is -5.59. The van der Waals surface area contributed by atoms with Gasteiger partial charge in [-0.3, -0.25) is 0 Å². The van der Waals surface area contributed by atoms with E-state index in [4.69, 9.17) is 5.73 Å². The third-order valence-electron chi connectivity index (χ3n) is 2.61. The van der Waals surface area contributed by atoms with Gasteiger partial charge in [-0.1, -0.05) is 11.8 Å². The summed E-state index contributed by atoms with van der Waals surface area (Å²) in [6.45, 7) is -0.444. The molecule has 0 saturated carbocycles. The number of benzene rings is 1. The zero-order valence-electron chi connectivity index (χ0n) is 11.3. The summed E-state index contributed by atoms with van der Waals surface area (Å²) in [5.41, 5.74) is 5.80. The second kappa shape index (κ2) is 6.93. The third kappa shape index (κ3) is 5.38. The van der Waals surface area contributed by atoms with Crippen molar-refractivity contribution in [1.82, 2.24) is 4.31 Å². The largest absolute Gasteiger partial charge is 0.390 e. The molecule has 116 valence electrons. The lowest BCUT2D eigenvalue weighted by atomic mass is 10.2. The molecule has 0 saturated heterocycles. The zero-order valence-corrected chi connectivity index (χ0v) is 12.1. The van der Waals surface area contributed by atoms with Crippen molar-refractivity contribution in [2.24, 2.45) is 5.73 Å². The van der Waals surface area contributed by atoms with Gasteiger partial charge in [0.25, 0.3) is 0 Å². The van der Waals surface area contributed by atoms with Crippen LogP contribution in [0.25, 0.3) is 0 Å². The van der Waals surface area contributed by atoms with Crippen molar-refractivity contribution in [3.63, 3.8) is 0 Å².